The quantitative estimate of drug-likeness (QED) is 0.722. The molecule has 0 radical (unpaired) electrons. The molecule has 0 saturated carbocycles. The summed E-state index contributed by atoms with van der Waals surface area (Å²) >= 11 is 0. The first-order valence-electron chi connectivity index (χ1n) is 8.95. The Morgan fingerprint density at radius 2 is 1.45 bits per heavy atom. The van der Waals surface area contributed by atoms with Crippen LogP contribution >= 0.6 is 0 Å². The second-order valence-electron chi connectivity index (χ2n) is 6.38. The van der Waals surface area contributed by atoms with Gasteiger partial charge >= 0.3 is 0 Å². The normalized spacial score (nSPS) is 14.0. The van der Waals surface area contributed by atoms with E-state index in [1.165, 1.54) is 18.5 Å². The third-order valence-electron chi connectivity index (χ3n) is 4.48. The Bertz CT molecular complexity index is 993. The SMILES string of the molecule is O=C(Nc1ccc(F)c(F)c1)c1cnc(N2CCN(c3ncccn3)CC2)nc1. The van der Waals surface area contributed by atoms with Crippen LogP contribution < -0.4 is 15.1 Å². The molecule has 3 aromatic rings. The largest absolute Gasteiger partial charge is 0.337 e. The predicted molar refractivity (Wildman–Crippen MR) is 103 cm³/mol. The van der Waals surface area contributed by atoms with E-state index in [1.807, 2.05) is 4.90 Å². The minimum absolute atomic E-state index is 0.150. The summed E-state index contributed by atoms with van der Waals surface area (Å²) in [6, 6.07) is 4.92. The molecule has 10 heteroatoms. The highest BCUT2D eigenvalue weighted by Gasteiger charge is 2.21. The van der Waals surface area contributed by atoms with Crippen LogP contribution in [0.15, 0.2) is 49.1 Å². The molecular formula is C19H17F2N7O. The lowest BCUT2D eigenvalue weighted by atomic mass is 10.2. The zero-order valence-corrected chi connectivity index (χ0v) is 15.3. The van der Waals surface area contributed by atoms with E-state index < -0.39 is 17.5 Å². The fraction of sp³-hybridized carbons (Fsp3) is 0.211. The van der Waals surface area contributed by atoms with Crippen molar-refractivity contribution in [2.45, 2.75) is 0 Å². The maximum Gasteiger partial charge on any atom is 0.258 e. The van der Waals surface area contributed by atoms with Crippen LogP contribution in [0.1, 0.15) is 10.4 Å². The lowest BCUT2D eigenvalue weighted by molar-refractivity contribution is 0.102. The van der Waals surface area contributed by atoms with E-state index in [1.54, 1.807) is 18.5 Å². The average Bonchev–Trinajstić information content (AvgIpc) is 2.77. The molecule has 2 aromatic heterocycles. The smallest absolute Gasteiger partial charge is 0.258 e. The molecule has 8 nitrogen and oxygen atoms in total. The number of piperazine rings is 1. The number of carbonyl (C=O) groups is 1. The highest BCUT2D eigenvalue weighted by Crippen LogP contribution is 2.16. The number of aromatic nitrogens is 4. The van der Waals surface area contributed by atoms with Gasteiger partial charge < -0.3 is 15.1 Å². The molecule has 0 bridgehead atoms. The van der Waals surface area contributed by atoms with Gasteiger partial charge in [-0.2, -0.15) is 0 Å². The Kier molecular flexibility index (Phi) is 5.23. The zero-order valence-electron chi connectivity index (χ0n) is 15.3. The molecule has 1 fully saturated rings. The molecule has 4 rings (SSSR count). The van der Waals surface area contributed by atoms with E-state index >= 15 is 0 Å². The number of nitrogens with one attached hydrogen (secondary N) is 1. The highest BCUT2D eigenvalue weighted by atomic mass is 19.2. The van der Waals surface area contributed by atoms with Gasteiger partial charge in [0.25, 0.3) is 5.91 Å². The van der Waals surface area contributed by atoms with E-state index in [-0.39, 0.29) is 11.3 Å². The molecule has 29 heavy (non-hydrogen) atoms. The van der Waals surface area contributed by atoms with Crippen molar-refractivity contribution in [1.29, 1.82) is 0 Å². The maximum absolute atomic E-state index is 13.3. The van der Waals surface area contributed by atoms with Gasteiger partial charge in [-0.3, -0.25) is 4.79 Å². The average molecular weight is 397 g/mol. The number of amides is 1. The highest BCUT2D eigenvalue weighted by molar-refractivity contribution is 6.03. The van der Waals surface area contributed by atoms with Crippen molar-refractivity contribution in [2.75, 3.05) is 41.3 Å². The second-order valence-corrected chi connectivity index (χ2v) is 6.38. The van der Waals surface area contributed by atoms with Crippen LogP contribution in [0.4, 0.5) is 26.4 Å². The second kappa shape index (κ2) is 8.13. The number of hydrogen-bond donors (Lipinski definition) is 1. The molecule has 1 aromatic carbocycles. The lowest BCUT2D eigenvalue weighted by Crippen LogP contribution is -2.47. The van der Waals surface area contributed by atoms with Crippen LogP contribution in [0.3, 0.4) is 0 Å². The molecule has 1 saturated heterocycles. The van der Waals surface area contributed by atoms with E-state index in [0.29, 0.717) is 25.0 Å². The van der Waals surface area contributed by atoms with Crippen LogP contribution in [0, 0.1) is 11.6 Å². The molecule has 0 unspecified atom stereocenters. The summed E-state index contributed by atoms with van der Waals surface area (Å²) in [4.78, 5) is 33.4. The van der Waals surface area contributed by atoms with Crippen LogP contribution in [0.2, 0.25) is 0 Å². The standard InChI is InChI=1S/C19H17F2N7O/c20-15-3-2-14(10-16(15)21)26-17(29)13-11-24-19(25-12-13)28-8-6-27(7-9-28)18-22-4-1-5-23-18/h1-5,10-12H,6-9H2,(H,26,29). The topological polar surface area (TPSA) is 87.1 Å². The van der Waals surface area contributed by atoms with Crippen LogP contribution in [-0.4, -0.2) is 52.0 Å². The predicted octanol–water partition coefficient (Wildman–Crippen LogP) is 2.12. The number of anilines is 3. The third-order valence-corrected chi connectivity index (χ3v) is 4.48. The Hall–Kier alpha value is -3.69. The summed E-state index contributed by atoms with van der Waals surface area (Å²) in [5.41, 5.74) is 0.368. The number of rotatable bonds is 4. The maximum atomic E-state index is 13.3. The monoisotopic (exact) mass is 397 g/mol. The van der Waals surface area contributed by atoms with Crippen molar-refractivity contribution in [3.8, 4) is 0 Å². The minimum Gasteiger partial charge on any atom is -0.337 e. The van der Waals surface area contributed by atoms with Crippen molar-refractivity contribution in [1.82, 2.24) is 19.9 Å². The van der Waals surface area contributed by atoms with Gasteiger partial charge in [-0.25, -0.2) is 28.7 Å². The van der Waals surface area contributed by atoms with Gasteiger partial charge in [0.2, 0.25) is 11.9 Å². The summed E-state index contributed by atoms with van der Waals surface area (Å²) < 4.78 is 26.2. The van der Waals surface area contributed by atoms with Crippen molar-refractivity contribution in [2.24, 2.45) is 0 Å². The van der Waals surface area contributed by atoms with Gasteiger partial charge in [-0.05, 0) is 18.2 Å². The summed E-state index contributed by atoms with van der Waals surface area (Å²) in [5.74, 6) is -1.31. The number of hydrogen-bond acceptors (Lipinski definition) is 7. The zero-order chi connectivity index (χ0) is 20.2. The fourth-order valence-electron chi connectivity index (χ4n) is 2.94. The molecule has 1 aliphatic rings. The Balaban J connectivity index is 1.36. The number of benzene rings is 1. The molecule has 1 amide bonds. The number of carbonyl (C=O) groups excluding carboxylic acids is 1. The first-order valence-corrected chi connectivity index (χ1v) is 8.95. The molecule has 1 N–H and O–H groups in total. The minimum atomic E-state index is -1.03. The van der Waals surface area contributed by atoms with Crippen LogP contribution in [-0.2, 0) is 0 Å². The third kappa shape index (κ3) is 4.26. The van der Waals surface area contributed by atoms with Crippen molar-refractivity contribution in [3.05, 3.63) is 66.3 Å². The van der Waals surface area contributed by atoms with Gasteiger partial charge in [0, 0.05) is 62.7 Å². The van der Waals surface area contributed by atoms with Gasteiger partial charge in [-0.15, -0.1) is 0 Å². The number of halogens is 2. The molecule has 0 spiro atoms. The summed E-state index contributed by atoms with van der Waals surface area (Å²) in [7, 11) is 0. The van der Waals surface area contributed by atoms with E-state index in [9.17, 15) is 13.6 Å². The first kappa shape index (κ1) is 18.7. The molecular weight excluding hydrogens is 380 g/mol. The Morgan fingerprint density at radius 1 is 0.862 bits per heavy atom. The van der Waals surface area contributed by atoms with Crippen LogP contribution in [0.25, 0.3) is 0 Å². The van der Waals surface area contributed by atoms with Gasteiger partial charge in [-0.1, -0.05) is 0 Å². The molecule has 148 valence electrons. The van der Waals surface area contributed by atoms with Gasteiger partial charge in [0.05, 0.1) is 5.56 Å². The van der Waals surface area contributed by atoms with E-state index in [4.69, 9.17) is 0 Å². The Labute approximate surface area is 165 Å². The Morgan fingerprint density at radius 3 is 2.03 bits per heavy atom. The van der Waals surface area contributed by atoms with Crippen molar-refractivity contribution in [3.63, 3.8) is 0 Å². The molecule has 0 atom stereocenters. The van der Waals surface area contributed by atoms with Crippen molar-refractivity contribution >= 4 is 23.5 Å². The summed E-state index contributed by atoms with van der Waals surface area (Å²) in [5, 5.41) is 2.49. The summed E-state index contributed by atoms with van der Waals surface area (Å²) in [6.45, 7) is 2.84. The van der Waals surface area contributed by atoms with E-state index in [0.717, 1.165) is 25.2 Å². The molecule has 3 heterocycles. The first-order chi connectivity index (χ1) is 14.1. The molecule has 0 aliphatic carbocycles. The summed E-state index contributed by atoms with van der Waals surface area (Å²) in [6.07, 6.45) is 6.23. The van der Waals surface area contributed by atoms with Crippen LogP contribution in [0.5, 0.6) is 0 Å². The van der Waals surface area contributed by atoms with Gasteiger partial charge in [0.15, 0.2) is 11.6 Å². The number of nitrogens with zero attached hydrogens (tertiary/aromatic N) is 6. The lowest BCUT2D eigenvalue weighted by Gasteiger charge is -2.34. The van der Waals surface area contributed by atoms with Crippen molar-refractivity contribution < 1.29 is 13.6 Å². The molecule has 1 aliphatic heterocycles. The fourth-order valence-corrected chi connectivity index (χ4v) is 2.94. The van der Waals surface area contributed by atoms with E-state index in [2.05, 4.69) is 30.2 Å². The van der Waals surface area contributed by atoms with Gasteiger partial charge in [0.1, 0.15) is 0 Å².